The normalized spacial score (nSPS) is 7.88. The van der Waals surface area contributed by atoms with Crippen LogP contribution in [0.3, 0.4) is 0 Å². The van der Waals surface area contributed by atoms with Crippen LogP contribution in [0.25, 0.3) is 0 Å². The van der Waals surface area contributed by atoms with Crippen LogP contribution in [0.2, 0.25) is 0 Å². The minimum Gasteiger partial charge on any atom is -0.517 e. The molecule has 0 atom stereocenters. The number of carbonyl (C=O) groups excluding carboxylic acids is 1. The average molecular weight is 167 g/mol. The summed E-state index contributed by atoms with van der Waals surface area (Å²) in [5, 5.41) is 7.96. The van der Waals surface area contributed by atoms with Crippen molar-refractivity contribution in [2.45, 2.75) is 5.02 Å². The van der Waals surface area contributed by atoms with Gasteiger partial charge in [-0.3, -0.25) is 0 Å². The second-order valence-electron chi connectivity index (χ2n) is 0.629. The van der Waals surface area contributed by atoms with Crippen molar-refractivity contribution in [2.24, 2.45) is 0 Å². The average Bonchev–Trinajstić information content (AvgIpc) is 1.27. The maximum absolute atomic E-state index is 9.31. The third-order valence-electron chi connectivity index (χ3n) is 0.185. The fraction of sp³-hybridized carbons (Fsp3) is 0.500. The second-order valence-corrected chi connectivity index (χ2v) is 1.64. The van der Waals surface area contributed by atoms with E-state index in [0.717, 1.165) is 0 Å². The molecule has 8 heavy (non-hydrogen) atoms. The van der Waals surface area contributed by atoms with E-state index in [0.29, 0.717) is 0 Å². The first-order chi connectivity index (χ1) is 3.13. The van der Waals surface area contributed by atoms with Crippen molar-refractivity contribution in [1.82, 2.24) is 0 Å². The fourth-order valence-corrected chi connectivity index (χ4v) is 0.218. The quantitative estimate of drug-likeness (QED) is 0.239. The maximum atomic E-state index is 9.31. The number of carboxylic acid groups (broad SMARTS) is 1. The Morgan fingerprint density at radius 1 is 1.62 bits per heavy atom. The summed E-state index contributed by atoms with van der Waals surface area (Å²) in [6.45, 7) is 0. The van der Waals surface area contributed by atoms with E-state index in [-0.39, 0.29) is 29.6 Å². The van der Waals surface area contributed by atoms with Crippen LogP contribution in [0.15, 0.2) is 0 Å². The van der Waals surface area contributed by atoms with Gasteiger partial charge in [0.15, 0.2) is 5.02 Å². The van der Waals surface area contributed by atoms with Crippen LogP contribution >= 0.6 is 23.2 Å². The van der Waals surface area contributed by atoms with Crippen molar-refractivity contribution < 1.29 is 44.2 Å². The molecule has 0 amide bonds. The van der Waals surface area contributed by atoms with Crippen molar-refractivity contribution in [1.29, 1.82) is 0 Å². The molecular formula is C2HCl2NaO3. The van der Waals surface area contributed by atoms with Crippen LogP contribution in [0.1, 0.15) is 0 Å². The van der Waals surface area contributed by atoms with Gasteiger partial charge in [0, 0.05) is 0 Å². The molecule has 0 saturated carbocycles. The summed E-state index contributed by atoms with van der Waals surface area (Å²) in [5.74, 6) is 0. The van der Waals surface area contributed by atoms with Gasteiger partial charge in [0.05, 0.1) is 0 Å². The van der Waals surface area contributed by atoms with E-state index in [1.165, 1.54) is 0 Å². The number of hydrogen-bond donors (Lipinski definition) is 0. The Morgan fingerprint density at radius 2 is 2.00 bits per heavy atom. The zero-order valence-electron chi connectivity index (χ0n) is 4.06. The minimum atomic E-state index is -1.73. The monoisotopic (exact) mass is 166 g/mol. The van der Waals surface area contributed by atoms with Crippen molar-refractivity contribution in [2.75, 3.05) is 0 Å². The van der Waals surface area contributed by atoms with Gasteiger partial charge in [-0.1, -0.05) is 23.2 Å². The molecule has 0 aromatic carbocycles. The van der Waals surface area contributed by atoms with Gasteiger partial charge in [-0.15, -0.1) is 0 Å². The number of carbonyl (C=O) groups is 1. The molecular weight excluding hydrogens is 166 g/mol. The van der Waals surface area contributed by atoms with Crippen molar-refractivity contribution in [3.63, 3.8) is 0 Å². The van der Waals surface area contributed by atoms with Crippen molar-refractivity contribution in [3.05, 3.63) is 0 Å². The van der Waals surface area contributed by atoms with E-state index in [4.69, 9.17) is 23.2 Å². The molecule has 0 fully saturated rings. The Kier molecular flexibility index (Phi) is 8.68. The number of halogens is 2. The predicted molar refractivity (Wildman–Crippen MR) is 22.0 cm³/mol. The summed E-state index contributed by atoms with van der Waals surface area (Å²) in [6, 6.07) is 0. The van der Waals surface area contributed by atoms with Gasteiger partial charge in [0.2, 0.25) is 0 Å². The third-order valence-corrected chi connectivity index (χ3v) is 0.363. The first-order valence-electron chi connectivity index (χ1n) is 1.28. The van der Waals surface area contributed by atoms with Crippen molar-refractivity contribution >= 4 is 29.4 Å². The number of hydrogen-bond acceptors (Lipinski definition) is 3. The molecule has 0 aliphatic carbocycles. The van der Waals surface area contributed by atoms with Gasteiger partial charge in [0.25, 0.3) is 6.16 Å². The van der Waals surface area contributed by atoms with E-state index in [2.05, 4.69) is 4.74 Å². The largest absolute Gasteiger partial charge is 1.00 e. The van der Waals surface area contributed by atoms with Crippen LogP contribution in [0.4, 0.5) is 4.79 Å². The number of rotatable bonds is 1. The molecule has 0 aromatic heterocycles. The Labute approximate surface area is 78.2 Å². The zero-order chi connectivity index (χ0) is 5.86. The molecule has 6 heteroatoms. The molecule has 0 unspecified atom stereocenters. The zero-order valence-corrected chi connectivity index (χ0v) is 7.57. The van der Waals surface area contributed by atoms with Gasteiger partial charge in [-0.05, 0) is 0 Å². The van der Waals surface area contributed by atoms with Gasteiger partial charge in [-0.25, -0.2) is 0 Å². The van der Waals surface area contributed by atoms with Gasteiger partial charge in [-0.2, -0.15) is 0 Å². The van der Waals surface area contributed by atoms with E-state index in [1.807, 2.05) is 0 Å². The van der Waals surface area contributed by atoms with E-state index in [1.54, 1.807) is 0 Å². The molecule has 0 saturated heterocycles. The first kappa shape index (κ1) is 11.6. The molecule has 0 bridgehead atoms. The fourth-order valence-electron chi connectivity index (χ4n) is 0.0727. The molecule has 0 radical (unpaired) electrons. The van der Waals surface area contributed by atoms with Gasteiger partial charge >= 0.3 is 29.6 Å². The molecule has 42 valence electrons. The molecule has 0 rings (SSSR count). The maximum Gasteiger partial charge on any atom is 1.00 e. The number of ether oxygens (including phenoxy) is 1. The summed E-state index contributed by atoms with van der Waals surface area (Å²) in [6.07, 6.45) is -1.73. The number of alkyl halides is 2. The SMILES string of the molecule is O=C([O-])OC(Cl)Cl.[Na+]. The van der Waals surface area contributed by atoms with Crippen LogP contribution in [-0.4, -0.2) is 11.2 Å². The Bertz CT molecular complexity index is 75.7. The van der Waals surface area contributed by atoms with Crippen LogP contribution < -0.4 is 34.7 Å². The summed E-state index contributed by atoms with van der Waals surface area (Å²) >= 11 is 9.59. The summed E-state index contributed by atoms with van der Waals surface area (Å²) in [4.78, 5) is 9.31. The second kappa shape index (κ2) is 5.98. The van der Waals surface area contributed by atoms with E-state index < -0.39 is 11.2 Å². The van der Waals surface area contributed by atoms with E-state index in [9.17, 15) is 9.90 Å². The first-order valence-corrected chi connectivity index (χ1v) is 2.16. The summed E-state index contributed by atoms with van der Waals surface area (Å²) < 4.78 is 3.59. The molecule has 0 aliphatic heterocycles. The topological polar surface area (TPSA) is 49.4 Å². The van der Waals surface area contributed by atoms with Crippen LogP contribution in [0.5, 0.6) is 0 Å². The molecule has 0 N–H and O–H groups in total. The predicted octanol–water partition coefficient (Wildman–Crippen LogP) is -2.89. The Balaban J connectivity index is 0. The van der Waals surface area contributed by atoms with Gasteiger partial charge in [0.1, 0.15) is 0 Å². The molecule has 0 aromatic rings. The molecule has 0 heterocycles. The molecule has 0 aliphatic rings. The summed E-state index contributed by atoms with van der Waals surface area (Å²) in [7, 11) is 0. The van der Waals surface area contributed by atoms with E-state index >= 15 is 0 Å². The van der Waals surface area contributed by atoms with Crippen LogP contribution in [-0.2, 0) is 4.74 Å². The molecule has 3 nitrogen and oxygen atoms in total. The van der Waals surface area contributed by atoms with Crippen LogP contribution in [0, 0.1) is 0 Å². The summed E-state index contributed by atoms with van der Waals surface area (Å²) in [5.41, 5.74) is 0. The standard InChI is InChI=1S/C2H2Cl2O3.Na/c3-1(4)7-2(5)6;/h1H,(H,5,6);/q;+1/p-1. The third kappa shape index (κ3) is 9.97. The Hall–Kier alpha value is 0.850. The smallest absolute Gasteiger partial charge is 0.517 e. The molecule has 0 spiro atoms. The van der Waals surface area contributed by atoms with Gasteiger partial charge < -0.3 is 14.6 Å². The minimum absolute atomic E-state index is 0. The Morgan fingerprint density at radius 3 is 2.00 bits per heavy atom. The van der Waals surface area contributed by atoms with Crippen molar-refractivity contribution in [3.8, 4) is 0 Å².